The van der Waals surface area contributed by atoms with E-state index in [0.29, 0.717) is 12.5 Å². The molecule has 2 saturated carbocycles. The van der Waals surface area contributed by atoms with Crippen molar-refractivity contribution in [3.05, 3.63) is 0 Å². The molecule has 0 aromatic rings. The number of hydrogen-bond acceptors (Lipinski definition) is 1. The normalized spacial score (nSPS) is 21.5. The molecular formula is C40H78O. The summed E-state index contributed by atoms with van der Waals surface area (Å²) in [5, 5.41) is 9.11. The predicted octanol–water partition coefficient (Wildman–Crippen LogP) is 13.8. The highest BCUT2D eigenvalue weighted by Gasteiger charge is 2.35. The summed E-state index contributed by atoms with van der Waals surface area (Å²) in [5.74, 6) is 3.79. The summed E-state index contributed by atoms with van der Waals surface area (Å²) in [4.78, 5) is 0. The maximum absolute atomic E-state index is 9.11. The second-order valence-corrected chi connectivity index (χ2v) is 15.0. The van der Waals surface area contributed by atoms with Crippen molar-refractivity contribution in [1.82, 2.24) is 0 Å². The molecule has 0 heterocycles. The second-order valence-electron chi connectivity index (χ2n) is 15.0. The lowest BCUT2D eigenvalue weighted by Crippen LogP contribution is -1.89. The van der Waals surface area contributed by atoms with E-state index in [1.807, 2.05) is 0 Å². The van der Waals surface area contributed by atoms with Crippen molar-refractivity contribution in [2.24, 2.45) is 23.7 Å². The zero-order valence-corrected chi connectivity index (χ0v) is 28.5. The quantitative estimate of drug-likeness (QED) is 0.0758. The molecule has 4 unspecified atom stereocenters. The molecule has 0 bridgehead atoms. The third-order valence-corrected chi connectivity index (χ3v) is 11.0. The largest absolute Gasteiger partial charge is 0.396 e. The Hall–Kier alpha value is -0.0400. The zero-order valence-electron chi connectivity index (χ0n) is 28.5. The molecule has 2 fully saturated rings. The summed E-state index contributed by atoms with van der Waals surface area (Å²) in [6.45, 7) is 2.75. The number of aliphatic hydroxyl groups is 1. The average molecular weight is 575 g/mol. The Labute approximate surface area is 260 Å². The van der Waals surface area contributed by atoms with Gasteiger partial charge in [0.05, 0.1) is 0 Å². The van der Waals surface area contributed by atoms with Crippen molar-refractivity contribution in [2.45, 2.75) is 225 Å². The molecule has 2 aliphatic carbocycles. The first kappa shape index (κ1) is 37.1. The van der Waals surface area contributed by atoms with E-state index in [0.717, 1.165) is 17.8 Å². The highest BCUT2D eigenvalue weighted by atomic mass is 16.3. The summed E-state index contributed by atoms with van der Waals surface area (Å²) in [5.41, 5.74) is 0. The highest BCUT2D eigenvalue weighted by Crippen LogP contribution is 2.46. The van der Waals surface area contributed by atoms with Crippen LogP contribution in [-0.2, 0) is 0 Å². The lowest BCUT2D eigenvalue weighted by Gasteiger charge is -2.04. The fourth-order valence-corrected chi connectivity index (χ4v) is 7.62. The van der Waals surface area contributed by atoms with Crippen molar-refractivity contribution in [3.8, 4) is 0 Å². The fourth-order valence-electron chi connectivity index (χ4n) is 7.62. The van der Waals surface area contributed by atoms with Crippen LogP contribution in [0.5, 0.6) is 0 Å². The summed E-state index contributed by atoms with van der Waals surface area (Å²) >= 11 is 0. The Balaban J connectivity index is 1.16. The van der Waals surface area contributed by atoms with Crippen molar-refractivity contribution in [1.29, 1.82) is 0 Å². The van der Waals surface area contributed by atoms with Crippen LogP contribution in [0, 0.1) is 23.7 Å². The van der Waals surface area contributed by atoms with E-state index in [1.165, 1.54) is 199 Å². The molecule has 0 radical (unpaired) electrons. The average Bonchev–Trinajstić information content (AvgIpc) is 3.91. The van der Waals surface area contributed by atoms with Crippen LogP contribution < -0.4 is 0 Å². The van der Waals surface area contributed by atoms with Crippen LogP contribution in [0.4, 0.5) is 0 Å². The van der Waals surface area contributed by atoms with E-state index < -0.39 is 0 Å². The minimum absolute atomic E-state index is 0.436. The van der Waals surface area contributed by atoms with Gasteiger partial charge in [-0.1, -0.05) is 212 Å². The summed E-state index contributed by atoms with van der Waals surface area (Å²) in [6, 6.07) is 0. The molecule has 4 atom stereocenters. The van der Waals surface area contributed by atoms with Crippen molar-refractivity contribution < 1.29 is 5.11 Å². The molecule has 0 aliphatic heterocycles. The predicted molar refractivity (Wildman–Crippen MR) is 184 cm³/mol. The van der Waals surface area contributed by atoms with E-state index in [2.05, 4.69) is 6.92 Å². The first-order chi connectivity index (χ1) is 20.3. The summed E-state index contributed by atoms with van der Waals surface area (Å²) < 4.78 is 0. The lowest BCUT2D eigenvalue weighted by atomic mass is 10.0. The Morgan fingerprint density at radius 1 is 0.317 bits per heavy atom. The lowest BCUT2D eigenvalue weighted by molar-refractivity contribution is 0.267. The minimum Gasteiger partial charge on any atom is -0.396 e. The minimum atomic E-state index is 0.436. The van der Waals surface area contributed by atoms with Gasteiger partial charge < -0.3 is 5.11 Å². The van der Waals surface area contributed by atoms with Crippen LogP contribution in [0.3, 0.4) is 0 Å². The van der Waals surface area contributed by atoms with Crippen LogP contribution >= 0.6 is 0 Å². The first-order valence-corrected chi connectivity index (χ1v) is 20.0. The maximum atomic E-state index is 9.11. The molecule has 41 heavy (non-hydrogen) atoms. The molecule has 1 nitrogen and oxygen atoms in total. The fraction of sp³-hybridized carbons (Fsp3) is 1.00. The highest BCUT2D eigenvalue weighted by molar-refractivity contribution is 4.86. The van der Waals surface area contributed by atoms with Gasteiger partial charge in [0.15, 0.2) is 0 Å². The van der Waals surface area contributed by atoms with Crippen LogP contribution in [0.25, 0.3) is 0 Å². The number of unbranched alkanes of at least 4 members (excludes halogenated alkanes) is 27. The maximum Gasteiger partial charge on any atom is 0.0462 e. The Morgan fingerprint density at radius 3 is 0.780 bits per heavy atom. The molecule has 2 rings (SSSR count). The Kier molecular flexibility index (Phi) is 24.9. The molecule has 0 aromatic heterocycles. The molecule has 0 amide bonds. The van der Waals surface area contributed by atoms with E-state index in [9.17, 15) is 0 Å². The number of hydrogen-bond donors (Lipinski definition) is 1. The van der Waals surface area contributed by atoms with Gasteiger partial charge in [-0.3, -0.25) is 0 Å². The standard InChI is InChI=1S/C40H78O/c1-2-3-4-5-6-7-8-9-10-11-12-13-16-19-22-25-28-31-37-34-38(37)32-29-26-23-20-17-14-15-18-21-24-27-30-33-39-35-40(39)36-41/h37-41H,2-36H2,1H3. The van der Waals surface area contributed by atoms with Gasteiger partial charge in [-0.25, -0.2) is 0 Å². The molecule has 0 saturated heterocycles. The molecule has 2 aliphatic rings. The molecule has 1 heteroatoms. The smallest absolute Gasteiger partial charge is 0.0462 e. The van der Waals surface area contributed by atoms with Gasteiger partial charge in [0, 0.05) is 6.61 Å². The van der Waals surface area contributed by atoms with Crippen molar-refractivity contribution in [3.63, 3.8) is 0 Å². The monoisotopic (exact) mass is 575 g/mol. The van der Waals surface area contributed by atoms with Crippen LogP contribution in [0.1, 0.15) is 225 Å². The van der Waals surface area contributed by atoms with Gasteiger partial charge >= 0.3 is 0 Å². The van der Waals surface area contributed by atoms with E-state index in [4.69, 9.17) is 5.11 Å². The zero-order chi connectivity index (χ0) is 29.1. The van der Waals surface area contributed by atoms with E-state index in [1.54, 1.807) is 19.3 Å². The SMILES string of the molecule is CCCCCCCCCCCCCCCCCCCC1CC1CCCCCCCCCCCCCCC1CC1CO. The summed E-state index contributed by atoms with van der Waals surface area (Å²) in [6.07, 6.45) is 50.2. The van der Waals surface area contributed by atoms with Crippen LogP contribution in [0.15, 0.2) is 0 Å². The number of rotatable bonds is 34. The van der Waals surface area contributed by atoms with Gasteiger partial charge in [-0.15, -0.1) is 0 Å². The van der Waals surface area contributed by atoms with Crippen LogP contribution in [0.2, 0.25) is 0 Å². The van der Waals surface area contributed by atoms with Gasteiger partial charge in [-0.2, -0.15) is 0 Å². The van der Waals surface area contributed by atoms with E-state index in [-0.39, 0.29) is 0 Å². The third kappa shape index (κ3) is 23.1. The van der Waals surface area contributed by atoms with Gasteiger partial charge in [0.25, 0.3) is 0 Å². The molecular weight excluding hydrogens is 496 g/mol. The van der Waals surface area contributed by atoms with Crippen molar-refractivity contribution in [2.75, 3.05) is 6.61 Å². The van der Waals surface area contributed by atoms with Gasteiger partial charge in [0.1, 0.15) is 0 Å². The van der Waals surface area contributed by atoms with Gasteiger partial charge in [-0.05, 0) is 36.5 Å². The Bertz CT molecular complexity index is 529. The number of aliphatic hydroxyl groups excluding tert-OH is 1. The van der Waals surface area contributed by atoms with Gasteiger partial charge in [0.2, 0.25) is 0 Å². The summed E-state index contributed by atoms with van der Waals surface area (Å²) in [7, 11) is 0. The Morgan fingerprint density at radius 2 is 0.537 bits per heavy atom. The van der Waals surface area contributed by atoms with E-state index >= 15 is 0 Å². The van der Waals surface area contributed by atoms with Crippen LogP contribution in [-0.4, -0.2) is 11.7 Å². The molecule has 1 N–H and O–H groups in total. The molecule has 0 spiro atoms. The topological polar surface area (TPSA) is 20.2 Å². The molecule has 0 aromatic carbocycles. The third-order valence-electron chi connectivity index (χ3n) is 11.0. The first-order valence-electron chi connectivity index (χ1n) is 20.0. The second kappa shape index (κ2) is 27.5. The van der Waals surface area contributed by atoms with Crippen molar-refractivity contribution >= 4 is 0 Å². The molecule has 244 valence electrons.